The lowest BCUT2D eigenvalue weighted by Gasteiger charge is -2.38. The molecule has 1 unspecified atom stereocenters. The van der Waals surface area contributed by atoms with Crippen molar-refractivity contribution in [2.24, 2.45) is 0 Å². The summed E-state index contributed by atoms with van der Waals surface area (Å²) in [6, 6.07) is 3.90. The summed E-state index contributed by atoms with van der Waals surface area (Å²) in [6.07, 6.45) is 1.92. The summed E-state index contributed by atoms with van der Waals surface area (Å²) in [5.74, 6) is -2.84. The van der Waals surface area contributed by atoms with Gasteiger partial charge in [-0.3, -0.25) is 24.5 Å². The number of imide groups is 1. The van der Waals surface area contributed by atoms with Crippen LogP contribution < -0.4 is 10.6 Å². The number of carboxylic acid groups (broad SMARTS) is 1. The summed E-state index contributed by atoms with van der Waals surface area (Å²) in [5, 5.41) is 14.2. The maximum Gasteiger partial charge on any atom is 0.329 e. The van der Waals surface area contributed by atoms with E-state index in [1.165, 1.54) is 11.0 Å². The van der Waals surface area contributed by atoms with Crippen LogP contribution in [0, 0.1) is 0 Å². The fourth-order valence-corrected chi connectivity index (χ4v) is 3.91. The number of amides is 4. The molecule has 3 N–H and O–H groups in total. The van der Waals surface area contributed by atoms with Crippen LogP contribution in [0.4, 0.5) is 0 Å². The van der Waals surface area contributed by atoms with Gasteiger partial charge in [0.25, 0.3) is 11.8 Å². The summed E-state index contributed by atoms with van der Waals surface area (Å²) in [6.45, 7) is 0.224. The Morgan fingerprint density at radius 2 is 1.96 bits per heavy atom. The molecule has 2 heterocycles. The van der Waals surface area contributed by atoms with Crippen LogP contribution in [0.15, 0.2) is 18.2 Å². The molecule has 9 nitrogen and oxygen atoms in total. The molecular formula is C19H19N3O6. The van der Waals surface area contributed by atoms with Crippen LogP contribution in [0.2, 0.25) is 0 Å². The molecule has 3 aliphatic rings. The van der Waals surface area contributed by atoms with E-state index in [2.05, 4.69) is 10.6 Å². The second-order valence-electron chi connectivity index (χ2n) is 7.47. The first kappa shape index (κ1) is 18.1. The van der Waals surface area contributed by atoms with E-state index in [1.807, 2.05) is 0 Å². The van der Waals surface area contributed by atoms with Gasteiger partial charge >= 0.3 is 5.97 Å². The number of hydrogen-bond acceptors (Lipinski definition) is 5. The number of piperidine rings is 1. The van der Waals surface area contributed by atoms with Crippen LogP contribution in [0.5, 0.6) is 0 Å². The molecule has 4 amide bonds. The van der Waals surface area contributed by atoms with Crippen LogP contribution >= 0.6 is 0 Å². The highest BCUT2D eigenvalue weighted by molar-refractivity contribution is 6.07. The second-order valence-corrected chi connectivity index (χ2v) is 7.47. The topological polar surface area (TPSA) is 133 Å². The van der Waals surface area contributed by atoms with E-state index in [0.717, 1.165) is 6.42 Å². The summed E-state index contributed by atoms with van der Waals surface area (Å²) < 4.78 is 0. The number of nitrogens with zero attached hydrogens (tertiary/aromatic N) is 1. The molecule has 2 aliphatic heterocycles. The van der Waals surface area contributed by atoms with Crippen molar-refractivity contribution in [2.75, 3.05) is 0 Å². The first-order valence-corrected chi connectivity index (χ1v) is 9.14. The third kappa shape index (κ3) is 2.83. The van der Waals surface area contributed by atoms with Crippen molar-refractivity contribution < 1.29 is 29.1 Å². The fourth-order valence-electron chi connectivity index (χ4n) is 3.91. The van der Waals surface area contributed by atoms with Crippen LogP contribution in [-0.4, -0.2) is 51.2 Å². The lowest BCUT2D eigenvalue weighted by atomic mass is 9.76. The van der Waals surface area contributed by atoms with Crippen molar-refractivity contribution in [3.8, 4) is 0 Å². The quantitative estimate of drug-likeness (QED) is 0.634. The summed E-state index contributed by atoms with van der Waals surface area (Å²) >= 11 is 0. The SMILES string of the molecule is O=C1CCC(N2Cc3ccc(C(=O)NC4(C(=O)O)CCC4)cc3C2=O)C(=O)N1. The Balaban J connectivity index is 1.53. The monoisotopic (exact) mass is 385 g/mol. The zero-order valence-electron chi connectivity index (χ0n) is 15.0. The van der Waals surface area contributed by atoms with Crippen LogP contribution in [0.1, 0.15) is 58.4 Å². The average molecular weight is 385 g/mol. The Kier molecular flexibility index (Phi) is 4.17. The van der Waals surface area contributed by atoms with Crippen molar-refractivity contribution in [3.63, 3.8) is 0 Å². The van der Waals surface area contributed by atoms with Crippen LogP contribution in [-0.2, 0) is 20.9 Å². The molecule has 0 spiro atoms. The molecular weight excluding hydrogens is 366 g/mol. The summed E-state index contributed by atoms with van der Waals surface area (Å²) in [7, 11) is 0. The summed E-state index contributed by atoms with van der Waals surface area (Å²) in [5.41, 5.74) is -0.0401. The molecule has 4 rings (SSSR count). The zero-order valence-corrected chi connectivity index (χ0v) is 15.0. The van der Waals surface area contributed by atoms with Crippen molar-refractivity contribution in [2.45, 2.75) is 50.2 Å². The lowest BCUT2D eigenvalue weighted by Crippen LogP contribution is -2.59. The number of benzene rings is 1. The lowest BCUT2D eigenvalue weighted by molar-refractivity contribution is -0.148. The molecule has 1 aromatic rings. The minimum Gasteiger partial charge on any atom is -0.480 e. The van der Waals surface area contributed by atoms with Gasteiger partial charge in [0.05, 0.1) is 0 Å². The van der Waals surface area contributed by atoms with Gasteiger partial charge in [-0.2, -0.15) is 0 Å². The number of carbonyl (C=O) groups is 5. The largest absolute Gasteiger partial charge is 0.480 e. The standard InChI is InChI=1S/C19H19N3O6/c23-14-5-4-13(16(25)20-14)22-9-11-3-2-10(8-12(11)17(22)26)15(24)21-19(18(27)28)6-1-7-19/h2-3,8,13H,1,4-7,9H2,(H,21,24)(H,27,28)(H,20,23,25). The number of fused-ring (bicyclic) bond motifs is 1. The first-order chi connectivity index (χ1) is 13.3. The molecule has 28 heavy (non-hydrogen) atoms. The normalized spacial score (nSPS) is 22.9. The predicted molar refractivity (Wildman–Crippen MR) is 94.2 cm³/mol. The Bertz CT molecular complexity index is 920. The van der Waals surface area contributed by atoms with E-state index < -0.39 is 29.4 Å². The first-order valence-electron chi connectivity index (χ1n) is 9.14. The smallest absolute Gasteiger partial charge is 0.329 e. The highest BCUT2D eigenvalue weighted by Crippen LogP contribution is 2.33. The molecule has 1 saturated carbocycles. The minimum absolute atomic E-state index is 0.168. The molecule has 0 radical (unpaired) electrons. The molecule has 1 aliphatic carbocycles. The average Bonchev–Trinajstić information content (AvgIpc) is 2.94. The predicted octanol–water partition coefficient (Wildman–Crippen LogP) is 0.185. The molecule has 1 atom stereocenters. The maximum absolute atomic E-state index is 12.8. The van der Waals surface area contributed by atoms with Gasteiger partial charge in [-0.05, 0) is 43.4 Å². The Morgan fingerprint density at radius 1 is 1.21 bits per heavy atom. The van der Waals surface area contributed by atoms with E-state index in [-0.39, 0.29) is 36.8 Å². The number of carbonyl (C=O) groups excluding carboxylic acids is 4. The van der Waals surface area contributed by atoms with Gasteiger partial charge in [0, 0.05) is 24.1 Å². The molecule has 1 aromatic carbocycles. The number of hydrogen-bond donors (Lipinski definition) is 3. The van der Waals surface area contributed by atoms with Crippen LogP contribution in [0.25, 0.3) is 0 Å². The molecule has 146 valence electrons. The number of nitrogens with one attached hydrogen (secondary N) is 2. The minimum atomic E-state index is -1.24. The van der Waals surface area contributed by atoms with Gasteiger partial charge in [-0.25, -0.2) is 4.79 Å². The third-order valence-corrected chi connectivity index (χ3v) is 5.76. The third-order valence-electron chi connectivity index (χ3n) is 5.76. The van der Waals surface area contributed by atoms with Crippen LogP contribution in [0.3, 0.4) is 0 Å². The Labute approximate surface area is 160 Å². The van der Waals surface area contributed by atoms with Gasteiger partial charge in [-0.1, -0.05) is 6.07 Å². The molecule has 2 fully saturated rings. The van der Waals surface area contributed by atoms with Crippen molar-refractivity contribution in [1.82, 2.24) is 15.5 Å². The van der Waals surface area contributed by atoms with E-state index in [4.69, 9.17) is 0 Å². The molecule has 9 heteroatoms. The number of rotatable bonds is 4. The van der Waals surface area contributed by atoms with Crippen molar-refractivity contribution in [1.29, 1.82) is 0 Å². The van der Waals surface area contributed by atoms with Gasteiger partial charge in [0.1, 0.15) is 11.6 Å². The Morgan fingerprint density at radius 3 is 2.57 bits per heavy atom. The van der Waals surface area contributed by atoms with Crippen molar-refractivity contribution >= 4 is 29.6 Å². The Hall–Kier alpha value is -3.23. The second kappa shape index (κ2) is 6.43. The summed E-state index contributed by atoms with van der Waals surface area (Å²) in [4.78, 5) is 61.6. The molecule has 1 saturated heterocycles. The fraction of sp³-hybridized carbons (Fsp3) is 0.421. The van der Waals surface area contributed by atoms with Gasteiger partial charge in [0.15, 0.2) is 0 Å². The van der Waals surface area contributed by atoms with Gasteiger partial charge < -0.3 is 15.3 Å². The van der Waals surface area contributed by atoms with E-state index >= 15 is 0 Å². The van der Waals surface area contributed by atoms with Crippen molar-refractivity contribution in [3.05, 3.63) is 34.9 Å². The van der Waals surface area contributed by atoms with Gasteiger partial charge in [-0.15, -0.1) is 0 Å². The number of aliphatic carboxylic acids is 1. The van der Waals surface area contributed by atoms with E-state index in [0.29, 0.717) is 24.0 Å². The van der Waals surface area contributed by atoms with E-state index in [9.17, 15) is 29.1 Å². The van der Waals surface area contributed by atoms with Gasteiger partial charge in [0.2, 0.25) is 11.8 Å². The van der Waals surface area contributed by atoms with E-state index in [1.54, 1.807) is 12.1 Å². The zero-order chi connectivity index (χ0) is 20.1. The maximum atomic E-state index is 12.8. The molecule has 0 aromatic heterocycles. The number of carboxylic acids is 1. The highest BCUT2D eigenvalue weighted by atomic mass is 16.4. The highest BCUT2D eigenvalue weighted by Gasteiger charge is 2.46. The molecule has 0 bridgehead atoms.